The van der Waals surface area contributed by atoms with Crippen molar-refractivity contribution in [3.8, 4) is 0 Å². The van der Waals surface area contributed by atoms with E-state index in [2.05, 4.69) is 0 Å². The fourth-order valence-corrected chi connectivity index (χ4v) is 1.89. The van der Waals surface area contributed by atoms with Crippen molar-refractivity contribution < 1.29 is 14.3 Å². The van der Waals surface area contributed by atoms with Gasteiger partial charge in [0.15, 0.2) is 0 Å². The average Bonchev–Trinajstić information content (AvgIpc) is 2.60. The molecule has 0 aliphatic carbocycles. The highest BCUT2D eigenvalue weighted by atomic mass is 19.1. The molecule has 2 rings (SSSR count). The third-order valence-electron chi connectivity index (χ3n) is 2.71. The molecule has 0 bridgehead atoms. The van der Waals surface area contributed by atoms with Crippen LogP contribution in [0.2, 0.25) is 0 Å². The van der Waals surface area contributed by atoms with Gasteiger partial charge in [0.1, 0.15) is 12.5 Å². The minimum atomic E-state index is -0.289. The second-order valence-electron chi connectivity index (χ2n) is 3.71. The zero-order valence-electron chi connectivity index (χ0n) is 8.19. The van der Waals surface area contributed by atoms with Gasteiger partial charge in [-0.1, -0.05) is 12.1 Å². The number of carbonyl (C=O) groups is 1. The molecule has 0 aromatic heterocycles. The van der Waals surface area contributed by atoms with Gasteiger partial charge in [-0.15, -0.1) is 0 Å². The van der Waals surface area contributed by atoms with E-state index >= 15 is 0 Å². The highest BCUT2D eigenvalue weighted by molar-refractivity contribution is 5.79. The third-order valence-corrected chi connectivity index (χ3v) is 2.71. The van der Waals surface area contributed by atoms with Crippen molar-refractivity contribution >= 4 is 5.91 Å². The Morgan fingerprint density at radius 2 is 2.33 bits per heavy atom. The molecule has 1 saturated heterocycles. The SMILES string of the molecule is O=C1C[C@@H](c2cccc(F)c2)CN1CO. The van der Waals surface area contributed by atoms with E-state index in [1.807, 2.05) is 6.07 Å². The Balaban J connectivity index is 2.17. The van der Waals surface area contributed by atoms with E-state index in [0.717, 1.165) is 5.56 Å². The summed E-state index contributed by atoms with van der Waals surface area (Å²) in [6.07, 6.45) is 0.351. The van der Waals surface area contributed by atoms with Gasteiger partial charge in [-0.25, -0.2) is 4.39 Å². The lowest BCUT2D eigenvalue weighted by Gasteiger charge is -2.12. The van der Waals surface area contributed by atoms with Crippen molar-refractivity contribution in [2.75, 3.05) is 13.3 Å². The van der Waals surface area contributed by atoms with Crippen LogP contribution in [0.1, 0.15) is 17.9 Å². The molecule has 15 heavy (non-hydrogen) atoms. The van der Waals surface area contributed by atoms with Crippen molar-refractivity contribution in [1.29, 1.82) is 0 Å². The minimum Gasteiger partial charge on any atom is -0.376 e. The Bertz CT molecular complexity index is 381. The molecule has 1 amide bonds. The Labute approximate surface area is 87.1 Å². The molecule has 0 spiro atoms. The first-order valence-electron chi connectivity index (χ1n) is 4.85. The van der Waals surface area contributed by atoms with E-state index in [9.17, 15) is 9.18 Å². The number of aliphatic hydroxyl groups excluding tert-OH is 1. The summed E-state index contributed by atoms with van der Waals surface area (Å²) in [4.78, 5) is 12.7. The molecule has 1 atom stereocenters. The maximum atomic E-state index is 12.9. The standard InChI is InChI=1S/C11H12FNO2/c12-10-3-1-2-8(4-10)9-5-11(15)13(6-9)7-14/h1-4,9,14H,5-7H2/t9-/m1/s1. The van der Waals surface area contributed by atoms with Crippen LogP contribution in [0.25, 0.3) is 0 Å². The quantitative estimate of drug-likeness (QED) is 0.792. The number of halogens is 1. The monoisotopic (exact) mass is 209 g/mol. The average molecular weight is 209 g/mol. The summed E-state index contributed by atoms with van der Waals surface area (Å²) < 4.78 is 12.9. The number of rotatable bonds is 2. The molecule has 0 radical (unpaired) electrons. The number of nitrogens with zero attached hydrogens (tertiary/aromatic N) is 1. The molecule has 1 aromatic rings. The van der Waals surface area contributed by atoms with Gasteiger partial charge in [-0.2, -0.15) is 0 Å². The van der Waals surface area contributed by atoms with Crippen molar-refractivity contribution in [3.63, 3.8) is 0 Å². The van der Waals surface area contributed by atoms with Crippen LogP contribution < -0.4 is 0 Å². The lowest BCUT2D eigenvalue weighted by molar-refractivity contribution is -0.130. The minimum absolute atomic E-state index is 0.000324. The van der Waals surface area contributed by atoms with Crippen molar-refractivity contribution in [2.45, 2.75) is 12.3 Å². The zero-order valence-corrected chi connectivity index (χ0v) is 8.19. The van der Waals surface area contributed by atoms with E-state index in [4.69, 9.17) is 5.11 Å². The molecule has 3 nitrogen and oxygen atoms in total. The second-order valence-corrected chi connectivity index (χ2v) is 3.71. The van der Waals surface area contributed by atoms with Crippen molar-refractivity contribution in [1.82, 2.24) is 4.90 Å². The summed E-state index contributed by atoms with van der Waals surface area (Å²) in [5.74, 6) is -0.366. The summed E-state index contributed by atoms with van der Waals surface area (Å²) in [6, 6.07) is 6.27. The number of hydrogen-bond donors (Lipinski definition) is 1. The molecule has 1 aromatic carbocycles. The molecular weight excluding hydrogens is 197 g/mol. The van der Waals surface area contributed by atoms with Crippen LogP contribution in [0.3, 0.4) is 0 Å². The summed E-state index contributed by atoms with van der Waals surface area (Å²) >= 11 is 0. The first-order valence-corrected chi connectivity index (χ1v) is 4.85. The van der Waals surface area contributed by atoms with Crippen LogP contribution in [0, 0.1) is 5.82 Å². The maximum Gasteiger partial charge on any atom is 0.225 e. The molecule has 4 heteroatoms. The lowest BCUT2D eigenvalue weighted by Crippen LogP contribution is -2.25. The molecule has 1 aliphatic rings. The predicted octanol–water partition coefficient (Wildman–Crippen LogP) is 1.09. The largest absolute Gasteiger partial charge is 0.376 e. The molecule has 80 valence electrons. The van der Waals surface area contributed by atoms with Crippen LogP contribution in [0.5, 0.6) is 0 Å². The lowest BCUT2D eigenvalue weighted by atomic mass is 9.98. The van der Waals surface area contributed by atoms with Gasteiger partial charge in [0.05, 0.1) is 0 Å². The molecule has 0 saturated carbocycles. The molecular formula is C11H12FNO2. The van der Waals surface area contributed by atoms with Gasteiger partial charge in [0.25, 0.3) is 0 Å². The van der Waals surface area contributed by atoms with Crippen LogP contribution in [0.15, 0.2) is 24.3 Å². The maximum absolute atomic E-state index is 12.9. The number of hydrogen-bond acceptors (Lipinski definition) is 2. The normalized spacial score (nSPS) is 21.1. The van der Waals surface area contributed by atoms with Crippen molar-refractivity contribution in [2.24, 2.45) is 0 Å². The first kappa shape index (κ1) is 10.1. The van der Waals surface area contributed by atoms with Crippen LogP contribution in [-0.4, -0.2) is 29.2 Å². The summed E-state index contributed by atoms with van der Waals surface area (Å²) in [5.41, 5.74) is 0.819. The number of aliphatic hydroxyl groups is 1. The Morgan fingerprint density at radius 3 is 2.93 bits per heavy atom. The molecule has 1 aliphatic heterocycles. The highest BCUT2D eigenvalue weighted by Crippen LogP contribution is 2.27. The summed E-state index contributed by atoms with van der Waals surface area (Å²) in [5, 5.41) is 8.89. The third kappa shape index (κ3) is 1.99. The highest BCUT2D eigenvalue weighted by Gasteiger charge is 2.29. The van der Waals surface area contributed by atoms with E-state index in [1.54, 1.807) is 6.07 Å². The summed E-state index contributed by atoms with van der Waals surface area (Å²) in [7, 11) is 0. The van der Waals surface area contributed by atoms with Gasteiger partial charge < -0.3 is 10.0 Å². The molecule has 1 N–H and O–H groups in total. The number of benzene rings is 1. The van der Waals surface area contributed by atoms with Crippen LogP contribution >= 0.6 is 0 Å². The van der Waals surface area contributed by atoms with Gasteiger partial charge >= 0.3 is 0 Å². The Kier molecular flexibility index (Phi) is 2.68. The fraction of sp³-hybridized carbons (Fsp3) is 0.364. The van der Waals surface area contributed by atoms with Crippen molar-refractivity contribution in [3.05, 3.63) is 35.6 Å². The molecule has 1 heterocycles. The summed E-state index contributed by atoms with van der Waals surface area (Å²) in [6.45, 7) is 0.212. The van der Waals surface area contributed by atoms with E-state index < -0.39 is 0 Å². The molecule has 1 fully saturated rings. The molecule has 0 unspecified atom stereocenters. The Hall–Kier alpha value is -1.42. The first-order chi connectivity index (χ1) is 7.20. The second kappa shape index (κ2) is 3.98. The van der Waals surface area contributed by atoms with Crippen LogP contribution in [0.4, 0.5) is 4.39 Å². The number of likely N-dealkylation sites (tertiary alicyclic amines) is 1. The number of carbonyl (C=O) groups excluding carboxylic acids is 1. The van der Waals surface area contributed by atoms with Gasteiger partial charge in [0.2, 0.25) is 5.91 Å². The van der Waals surface area contributed by atoms with E-state index in [0.29, 0.717) is 13.0 Å². The van der Waals surface area contributed by atoms with E-state index in [-0.39, 0.29) is 24.4 Å². The van der Waals surface area contributed by atoms with Gasteiger partial charge in [0, 0.05) is 18.9 Å². The topological polar surface area (TPSA) is 40.5 Å². The van der Waals surface area contributed by atoms with Crippen LogP contribution in [-0.2, 0) is 4.79 Å². The number of amides is 1. The van der Waals surface area contributed by atoms with E-state index in [1.165, 1.54) is 17.0 Å². The Morgan fingerprint density at radius 1 is 1.53 bits per heavy atom. The van der Waals surface area contributed by atoms with Gasteiger partial charge in [-0.05, 0) is 17.7 Å². The fourth-order valence-electron chi connectivity index (χ4n) is 1.89. The smallest absolute Gasteiger partial charge is 0.225 e. The predicted molar refractivity (Wildman–Crippen MR) is 52.6 cm³/mol. The van der Waals surface area contributed by atoms with Gasteiger partial charge in [-0.3, -0.25) is 4.79 Å². The zero-order chi connectivity index (χ0) is 10.8.